The van der Waals surface area contributed by atoms with Gasteiger partial charge in [-0.3, -0.25) is 0 Å². The van der Waals surface area contributed by atoms with Crippen LogP contribution in [0.2, 0.25) is 0 Å². The van der Waals surface area contributed by atoms with Crippen molar-refractivity contribution in [2.24, 2.45) is 0 Å². The average molecular weight is 138 g/mol. The maximum Gasteiger partial charge on any atom is 2.00 e. The fourth-order valence-corrected chi connectivity index (χ4v) is 0. The molecule has 0 aliphatic rings. The van der Waals surface area contributed by atoms with E-state index in [1.54, 1.807) is 0 Å². The zero-order valence-electron chi connectivity index (χ0n) is 5.22. The molecule has 0 rings (SSSR count). The van der Waals surface area contributed by atoms with Crippen molar-refractivity contribution in [1.29, 1.82) is 0 Å². The molecule has 0 heterocycles. The maximum absolute atomic E-state index is 8.56. The zero-order valence-corrected chi connectivity index (χ0v) is 6.84. The molecule has 36 valence electrons. The summed E-state index contributed by atoms with van der Waals surface area (Å²) in [6, 6.07) is 0. The Bertz CT molecular complexity index is 40.3. The Labute approximate surface area is 71.3 Å². The van der Waals surface area contributed by atoms with Gasteiger partial charge in [0.05, 0.1) is 0 Å². The smallest absolute Gasteiger partial charge is 1.00 e. The Morgan fingerprint density at radius 2 is 1.50 bits per heavy atom. The fourth-order valence-electron chi connectivity index (χ4n) is 0. The predicted molar refractivity (Wildman–Crippen MR) is 29.7 cm³/mol. The van der Waals surface area contributed by atoms with Crippen molar-refractivity contribution in [3.63, 3.8) is 0 Å². The monoisotopic (exact) mass is 138 g/mol. The summed E-state index contributed by atoms with van der Waals surface area (Å²) < 4.78 is 0. The van der Waals surface area contributed by atoms with Crippen LogP contribution in [0, 0.1) is 0 Å². The van der Waals surface area contributed by atoms with E-state index in [2.05, 4.69) is 0 Å². The van der Waals surface area contributed by atoms with Gasteiger partial charge in [-0.2, -0.15) is 9.90 Å². The first-order valence-electron chi connectivity index (χ1n) is 0.651. The van der Waals surface area contributed by atoms with Crippen molar-refractivity contribution in [2.45, 2.75) is 0 Å². The predicted octanol–water partition coefficient (Wildman–Crippen LogP) is 0.125. The molecule has 0 bridgehead atoms. The van der Waals surface area contributed by atoms with Crippen molar-refractivity contribution in [3.8, 4) is 0 Å². The normalized spacial score (nSPS) is 4.00. The molecule has 0 radical (unpaired) electrons. The molecule has 0 aromatic carbocycles. The van der Waals surface area contributed by atoms with Crippen LogP contribution in [-0.4, -0.2) is 54.1 Å². The van der Waals surface area contributed by atoms with E-state index in [4.69, 9.17) is 15.0 Å². The van der Waals surface area contributed by atoms with Crippen molar-refractivity contribution in [1.82, 2.24) is 0 Å². The number of rotatable bonds is 0. The van der Waals surface area contributed by atoms with Crippen LogP contribution in [-0.2, 0) is 0 Å². The molecule has 0 fully saturated rings. The van der Waals surface area contributed by atoms with E-state index in [0.717, 1.165) is 0 Å². The standard InChI is InChI=1S/CH2O3.Ca.H3P.2H/c2-1(3)4;;;;/h(H2,2,3,4);;1H3;;/q;+2;;2*-1. The second-order valence-electron chi connectivity index (χ2n) is 0.283. The van der Waals surface area contributed by atoms with Gasteiger partial charge in [0, 0.05) is 0 Å². The third kappa shape index (κ3) is 84.4. The Kier molecular flexibility index (Phi) is 24.6. The molecule has 6 heavy (non-hydrogen) atoms. The summed E-state index contributed by atoms with van der Waals surface area (Å²) in [5, 5.41) is 13.9. The summed E-state index contributed by atoms with van der Waals surface area (Å²) in [7, 11) is 0. The van der Waals surface area contributed by atoms with Gasteiger partial charge >= 0.3 is 43.9 Å². The summed E-state index contributed by atoms with van der Waals surface area (Å²) in [6.07, 6.45) is -1.83. The van der Waals surface area contributed by atoms with Gasteiger partial charge in [-0.1, -0.05) is 0 Å². The van der Waals surface area contributed by atoms with Crippen molar-refractivity contribution in [3.05, 3.63) is 0 Å². The van der Waals surface area contributed by atoms with E-state index in [0.29, 0.717) is 0 Å². The van der Waals surface area contributed by atoms with Gasteiger partial charge in [-0.05, 0) is 0 Å². The van der Waals surface area contributed by atoms with Gasteiger partial charge in [-0.25, -0.2) is 4.79 Å². The summed E-state index contributed by atoms with van der Waals surface area (Å²) in [4.78, 5) is 8.56. The van der Waals surface area contributed by atoms with Gasteiger partial charge in [-0.15, -0.1) is 0 Å². The van der Waals surface area contributed by atoms with Gasteiger partial charge in [0.1, 0.15) is 0 Å². The summed E-state index contributed by atoms with van der Waals surface area (Å²) in [6.45, 7) is 0. The van der Waals surface area contributed by atoms with E-state index in [-0.39, 0.29) is 50.5 Å². The van der Waals surface area contributed by atoms with Crippen LogP contribution in [0.5, 0.6) is 0 Å². The molecule has 0 aliphatic carbocycles. The molecule has 1 unspecified atom stereocenters. The van der Waals surface area contributed by atoms with Crippen LogP contribution in [0.3, 0.4) is 0 Å². The topological polar surface area (TPSA) is 57.5 Å². The summed E-state index contributed by atoms with van der Waals surface area (Å²) in [5.74, 6) is 0. The maximum atomic E-state index is 8.56. The summed E-state index contributed by atoms with van der Waals surface area (Å²) >= 11 is 0. The first-order chi connectivity index (χ1) is 1.73. The van der Waals surface area contributed by atoms with Gasteiger partial charge in [0.2, 0.25) is 0 Å². The first kappa shape index (κ1) is 15.8. The average Bonchev–Trinajstić information content (AvgIpc) is 0.811. The number of carboxylic acid groups (broad SMARTS) is 2. The molecule has 0 saturated heterocycles. The fraction of sp³-hybridized carbons (Fsp3) is 0. The molecule has 0 aliphatic heterocycles. The van der Waals surface area contributed by atoms with Crippen LogP contribution in [0.15, 0.2) is 0 Å². The minimum Gasteiger partial charge on any atom is -1.00 e. The van der Waals surface area contributed by atoms with Crippen molar-refractivity contribution >= 4 is 53.8 Å². The zero-order chi connectivity index (χ0) is 3.58. The van der Waals surface area contributed by atoms with Crippen LogP contribution in [0.25, 0.3) is 0 Å². The minimum absolute atomic E-state index is 0. The second-order valence-corrected chi connectivity index (χ2v) is 0.283. The van der Waals surface area contributed by atoms with Gasteiger partial charge in [0.15, 0.2) is 0 Å². The number of hydrogen-bond donors (Lipinski definition) is 2. The van der Waals surface area contributed by atoms with Crippen molar-refractivity contribution < 1.29 is 17.9 Å². The van der Waals surface area contributed by atoms with Crippen molar-refractivity contribution in [2.75, 3.05) is 0 Å². The van der Waals surface area contributed by atoms with Gasteiger partial charge < -0.3 is 13.1 Å². The largest absolute Gasteiger partial charge is 2.00 e. The van der Waals surface area contributed by atoms with Gasteiger partial charge in [0.25, 0.3) is 0 Å². The van der Waals surface area contributed by atoms with E-state index < -0.39 is 6.16 Å². The number of carbonyl (C=O) groups is 1. The Balaban J connectivity index is -0.00000000750. The van der Waals surface area contributed by atoms with Crippen LogP contribution in [0.4, 0.5) is 4.79 Å². The molecule has 0 amide bonds. The van der Waals surface area contributed by atoms with E-state index in [1.807, 2.05) is 0 Å². The second kappa shape index (κ2) is 9.35. The van der Waals surface area contributed by atoms with E-state index >= 15 is 0 Å². The third-order valence-corrected chi connectivity index (χ3v) is 0. The molecule has 5 heteroatoms. The molecular weight excluding hydrogens is 131 g/mol. The van der Waals surface area contributed by atoms with Crippen LogP contribution < -0.4 is 0 Å². The third-order valence-electron chi connectivity index (χ3n) is 0. The summed E-state index contributed by atoms with van der Waals surface area (Å²) in [5.41, 5.74) is 0. The quantitative estimate of drug-likeness (QED) is 0.369. The number of hydrogen-bond acceptors (Lipinski definition) is 1. The molecule has 2 N–H and O–H groups in total. The molecule has 3 nitrogen and oxygen atoms in total. The van der Waals surface area contributed by atoms with E-state index in [1.165, 1.54) is 0 Å². The Morgan fingerprint density at radius 3 is 1.50 bits per heavy atom. The molecule has 0 aromatic rings. The molecule has 0 spiro atoms. The SMILES string of the molecule is O=C(O)O.P.[Ca+2].[H-].[H-]. The molecule has 0 aromatic heterocycles. The van der Waals surface area contributed by atoms with Crippen LogP contribution in [0.1, 0.15) is 2.85 Å². The minimum atomic E-state index is -1.83. The Morgan fingerprint density at radius 1 is 1.50 bits per heavy atom. The molecule has 1 atom stereocenters. The Hall–Kier alpha value is 0.960. The first-order valence-corrected chi connectivity index (χ1v) is 0.651. The van der Waals surface area contributed by atoms with E-state index in [9.17, 15) is 0 Å². The molecular formula is CH7CaO3P. The van der Waals surface area contributed by atoms with Crippen LogP contribution >= 0.6 is 9.90 Å². The molecule has 0 saturated carbocycles.